The molecule has 0 N–H and O–H groups in total. The molecule has 0 bridgehead atoms. The molecule has 5 heteroatoms. The molecule has 0 amide bonds. The fourth-order valence-electron chi connectivity index (χ4n) is 2.99. The number of hydrogen-bond donors (Lipinski definition) is 0. The number of unbranched alkanes of at least 4 members (excludes halogenated alkanes) is 3. The topological polar surface area (TPSA) is 35.0 Å². The third-order valence-corrected chi connectivity index (χ3v) is 9.98. The van der Waals surface area contributed by atoms with E-state index in [2.05, 4.69) is 31.0 Å². The quantitative estimate of drug-likeness (QED) is 0.415. The summed E-state index contributed by atoms with van der Waals surface area (Å²) in [5, 5.41) is 8.60. The second kappa shape index (κ2) is 11.5. The number of nitrogens with zero attached hydrogens (tertiary/aromatic N) is 2. The van der Waals surface area contributed by atoms with Crippen LogP contribution in [-0.4, -0.2) is 38.4 Å². The maximum atomic E-state index is 6.11. The van der Waals surface area contributed by atoms with Gasteiger partial charge in [-0.3, -0.25) is 0 Å². The molecule has 0 aliphatic heterocycles. The van der Waals surface area contributed by atoms with Gasteiger partial charge < -0.3 is 0 Å². The Bertz CT molecular complexity index is 435. The Morgan fingerprint density at radius 1 is 1.00 bits per heavy atom. The molecule has 0 saturated heterocycles. The minimum absolute atomic E-state index is 0.497. The van der Waals surface area contributed by atoms with Crippen molar-refractivity contribution >= 4 is 36.3 Å². The normalized spacial score (nSPS) is 11.7. The molecule has 1 aromatic rings. The molecule has 0 spiro atoms. The molecule has 23 heavy (non-hydrogen) atoms. The van der Waals surface area contributed by atoms with Crippen molar-refractivity contribution in [3.8, 4) is 5.88 Å². The van der Waals surface area contributed by atoms with E-state index in [9.17, 15) is 0 Å². The Balaban J connectivity index is 3.06. The molecule has 1 heterocycles. The zero-order valence-corrected chi connectivity index (χ0v) is 18.7. The maximum absolute atomic E-state index is 6.11. The predicted octanol–water partition coefficient (Wildman–Crippen LogP) is 5.20. The van der Waals surface area contributed by atoms with Gasteiger partial charge in [-0.25, -0.2) is 0 Å². The Kier molecular flexibility index (Phi) is 10.5. The molecule has 1 aromatic heterocycles. The van der Waals surface area contributed by atoms with Gasteiger partial charge >= 0.3 is 157 Å². The molecule has 130 valence electrons. The summed E-state index contributed by atoms with van der Waals surface area (Å²) in [6.07, 6.45) is 11.8. The Morgan fingerprint density at radius 3 is 1.96 bits per heavy atom. The first-order chi connectivity index (χ1) is 11.1. The first kappa shape index (κ1) is 21.0. The Morgan fingerprint density at radius 2 is 1.52 bits per heavy atom. The SMILES string of the molecule is CCCC[C](CCCC)(CCCC)[Sn][c]1cc(Cl)nnc1OC. The predicted molar refractivity (Wildman–Crippen MR) is 100 cm³/mol. The summed E-state index contributed by atoms with van der Waals surface area (Å²) in [6, 6.07) is 2.01. The van der Waals surface area contributed by atoms with Crippen molar-refractivity contribution < 1.29 is 4.74 Å². The number of rotatable bonds is 12. The van der Waals surface area contributed by atoms with Crippen molar-refractivity contribution in [3.63, 3.8) is 0 Å². The number of halogens is 1. The van der Waals surface area contributed by atoms with E-state index < -0.39 is 21.1 Å². The molecule has 0 unspecified atom stereocenters. The second-order valence-electron chi connectivity index (χ2n) is 6.31. The van der Waals surface area contributed by atoms with Gasteiger partial charge in [-0.15, -0.1) is 0 Å². The van der Waals surface area contributed by atoms with Crippen LogP contribution in [0.1, 0.15) is 78.6 Å². The number of methoxy groups -OCH3 is 1. The van der Waals surface area contributed by atoms with Gasteiger partial charge in [-0.05, 0) is 0 Å². The van der Waals surface area contributed by atoms with Gasteiger partial charge in [0.2, 0.25) is 0 Å². The van der Waals surface area contributed by atoms with Crippen LogP contribution in [-0.2, 0) is 0 Å². The number of hydrogen-bond acceptors (Lipinski definition) is 3. The Labute approximate surface area is 157 Å². The summed E-state index contributed by atoms with van der Waals surface area (Å²) in [7, 11) is 1.69. The molecule has 0 fully saturated rings. The molecule has 1 rings (SSSR count). The summed E-state index contributed by atoms with van der Waals surface area (Å²) >= 11 is 5.23. The van der Waals surface area contributed by atoms with Crippen molar-refractivity contribution in [2.24, 2.45) is 0 Å². The zero-order chi connectivity index (χ0) is 17.1. The van der Waals surface area contributed by atoms with E-state index in [0.29, 0.717) is 14.5 Å². The van der Waals surface area contributed by atoms with E-state index >= 15 is 0 Å². The summed E-state index contributed by atoms with van der Waals surface area (Å²) in [5.41, 5.74) is 0. The summed E-state index contributed by atoms with van der Waals surface area (Å²) in [5.74, 6) is 0.704. The van der Waals surface area contributed by atoms with E-state index in [1.54, 1.807) is 7.11 Å². The third kappa shape index (κ3) is 7.16. The molecule has 0 aliphatic carbocycles. The molecule has 3 nitrogen and oxygen atoms in total. The second-order valence-corrected chi connectivity index (χ2v) is 12.0. The molecule has 2 radical (unpaired) electrons. The molecule has 0 aliphatic rings. The summed E-state index contributed by atoms with van der Waals surface area (Å²) in [4.78, 5) is 0. The van der Waals surface area contributed by atoms with E-state index in [0.717, 1.165) is 0 Å². The van der Waals surface area contributed by atoms with Gasteiger partial charge in [-0.2, -0.15) is 0 Å². The molecule has 0 saturated carbocycles. The fraction of sp³-hybridized carbons (Fsp3) is 0.778. The number of aromatic nitrogens is 2. The fourth-order valence-corrected chi connectivity index (χ4v) is 8.95. The van der Waals surface area contributed by atoms with Crippen molar-refractivity contribution in [1.29, 1.82) is 0 Å². The monoisotopic (exact) mass is 446 g/mol. The van der Waals surface area contributed by atoms with Crippen LogP contribution in [0.5, 0.6) is 5.88 Å². The average molecular weight is 446 g/mol. The Hall–Kier alpha value is -0.0313. The minimum atomic E-state index is -0.881. The molecular formula is C18H31ClN2OSn. The van der Waals surface area contributed by atoms with E-state index in [1.807, 2.05) is 6.07 Å². The van der Waals surface area contributed by atoms with Gasteiger partial charge in [0, 0.05) is 0 Å². The van der Waals surface area contributed by atoms with E-state index in [-0.39, 0.29) is 0 Å². The van der Waals surface area contributed by atoms with Gasteiger partial charge in [0.15, 0.2) is 0 Å². The first-order valence-corrected chi connectivity index (χ1v) is 12.2. The van der Waals surface area contributed by atoms with Crippen LogP contribution in [0.3, 0.4) is 0 Å². The van der Waals surface area contributed by atoms with Gasteiger partial charge in [0.1, 0.15) is 0 Å². The van der Waals surface area contributed by atoms with E-state index in [4.69, 9.17) is 16.3 Å². The van der Waals surface area contributed by atoms with Crippen LogP contribution >= 0.6 is 11.6 Å². The van der Waals surface area contributed by atoms with Gasteiger partial charge in [-0.1, -0.05) is 0 Å². The van der Waals surface area contributed by atoms with Crippen molar-refractivity contribution in [2.45, 2.75) is 82.0 Å². The van der Waals surface area contributed by atoms with Gasteiger partial charge in [0.25, 0.3) is 0 Å². The van der Waals surface area contributed by atoms with Crippen molar-refractivity contribution in [1.82, 2.24) is 10.2 Å². The third-order valence-electron chi connectivity index (χ3n) is 4.35. The van der Waals surface area contributed by atoms with Crippen LogP contribution < -0.4 is 8.32 Å². The summed E-state index contributed by atoms with van der Waals surface area (Å²) < 4.78 is 7.25. The van der Waals surface area contributed by atoms with Gasteiger partial charge in [0.05, 0.1) is 0 Å². The first-order valence-electron chi connectivity index (χ1n) is 8.96. The number of ether oxygens (including phenoxy) is 1. The van der Waals surface area contributed by atoms with Crippen LogP contribution in [0.2, 0.25) is 8.58 Å². The molecule has 0 aromatic carbocycles. The molecule has 0 atom stereocenters. The van der Waals surface area contributed by atoms with Crippen molar-refractivity contribution in [2.75, 3.05) is 7.11 Å². The summed E-state index contributed by atoms with van der Waals surface area (Å²) in [6.45, 7) is 6.88. The standard InChI is InChI=1S/C13H27.C5H4ClN2O.Sn/c1-4-7-10-13(11-8-5-2)12-9-6-3;1-9-5-3-2-4(6)7-8-5;/h4-12H2,1-3H3;2H,1H3;. The van der Waals surface area contributed by atoms with Crippen molar-refractivity contribution in [3.05, 3.63) is 11.2 Å². The van der Waals surface area contributed by atoms with Crippen LogP contribution in [0.15, 0.2) is 6.07 Å². The zero-order valence-electron chi connectivity index (χ0n) is 15.1. The van der Waals surface area contributed by atoms with Crippen LogP contribution in [0, 0.1) is 0 Å². The van der Waals surface area contributed by atoms with Crippen LogP contribution in [0.4, 0.5) is 0 Å². The van der Waals surface area contributed by atoms with Crippen LogP contribution in [0.25, 0.3) is 0 Å². The molecular weight excluding hydrogens is 414 g/mol. The average Bonchev–Trinajstić information content (AvgIpc) is 2.56. The van der Waals surface area contributed by atoms with E-state index in [1.165, 1.54) is 61.4 Å².